The van der Waals surface area contributed by atoms with Crippen molar-refractivity contribution in [3.8, 4) is 0 Å². The second kappa shape index (κ2) is 11.2. The zero-order chi connectivity index (χ0) is 30.5. The Balaban J connectivity index is 1.25. The molecule has 43 heavy (non-hydrogen) atoms. The number of alkyl halides is 5. The molecule has 3 saturated carbocycles. The number of imidazole rings is 1. The van der Waals surface area contributed by atoms with Gasteiger partial charge in [-0.15, -0.1) is 0 Å². The molecule has 3 heterocycles. The second-order valence-corrected chi connectivity index (χ2v) is 12.3. The van der Waals surface area contributed by atoms with E-state index >= 15 is 0 Å². The van der Waals surface area contributed by atoms with Gasteiger partial charge in [-0.1, -0.05) is 12.1 Å². The number of nitrogens with one attached hydrogen (secondary N) is 2. The van der Waals surface area contributed by atoms with Gasteiger partial charge in [-0.3, -0.25) is 14.0 Å². The zero-order valence-corrected chi connectivity index (χ0v) is 23.5. The summed E-state index contributed by atoms with van der Waals surface area (Å²) in [6.45, 7) is 0.973. The molecule has 2 N–H and O–H groups in total. The molecule has 0 aliphatic heterocycles. The molecule has 2 amide bonds. The van der Waals surface area contributed by atoms with Gasteiger partial charge in [0.25, 0.3) is 5.91 Å². The molecule has 232 valence electrons. The summed E-state index contributed by atoms with van der Waals surface area (Å²) >= 11 is 0. The number of hydrogen-bond donors (Lipinski definition) is 2. The summed E-state index contributed by atoms with van der Waals surface area (Å²) in [6, 6.07) is 0.435. The maximum Gasteiger partial charge on any atom is 0.392 e. The van der Waals surface area contributed by atoms with Crippen molar-refractivity contribution in [1.29, 1.82) is 0 Å². The third kappa shape index (κ3) is 6.67. The molecule has 14 heteroatoms. The van der Waals surface area contributed by atoms with E-state index in [2.05, 4.69) is 25.8 Å². The monoisotopic (exact) mass is 608 g/mol. The zero-order valence-electron chi connectivity index (χ0n) is 23.5. The highest BCUT2D eigenvalue weighted by molar-refractivity contribution is 5.95. The molecule has 0 aromatic carbocycles. The summed E-state index contributed by atoms with van der Waals surface area (Å²) in [6.07, 6.45) is 2.75. The van der Waals surface area contributed by atoms with Gasteiger partial charge in [0.1, 0.15) is 11.8 Å². The largest absolute Gasteiger partial charge is 0.392 e. The lowest BCUT2D eigenvalue weighted by Crippen LogP contribution is -2.37. The normalized spacial score (nSPS) is 21.3. The van der Waals surface area contributed by atoms with E-state index in [0.29, 0.717) is 22.6 Å². The van der Waals surface area contributed by atoms with Crippen LogP contribution in [0, 0.1) is 17.8 Å². The number of carbonyl (C=O) groups is 2. The minimum absolute atomic E-state index is 0.0506. The van der Waals surface area contributed by atoms with Crippen LogP contribution < -0.4 is 10.6 Å². The van der Waals surface area contributed by atoms with Gasteiger partial charge in [-0.25, -0.2) is 18.7 Å². The number of halogens is 5. The average molecular weight is 609 g/mol. The lowest BCUT2D eigenvalue weighted by Gasteiger charge is -2.33. The summed E-state index contributed by atoms with van der Waals surface area (Å²) < 4.78 is 73.8. The summed E-state index contributed by atoms with van der Waals surface area (Å²) in [7, 11) is 0. The number of aromatic nitrogens is 4. The quantitative estimate of drug-likeness (QED) is 0.271. The third-order valence-electron chi connectivity index (χ3n) is 8.79. The molecular weight excluding hydrogens is 575 g/mol. The molecule has 3 aromatic heterocycles. The molecule has 0 bridgehead atoms. The number of carbonyl (C=O) groups excluding carboxylic acids is 2. The molecule has 1 unspecified atom stereocenters. The fourth-order valence-corrected chi connectivity index (χ4v) is 5.83. The predicted octanol–water partition coefficient (Wildman–Crippen LogP) is 6.05. The number of rotatable bonds is 10. The van der Waals surface area contributed by atoms with Gasteiger partial charge in [0.2, 0.25) is 17.6 Å². The van der Waals surface area contributed by atoms with Crippen molar-refractivity contribution < 1.29 is 36.1 Å². The number of fused-ring (bicyclic) bond motifs is 1. The molecule has 0 saturated heterocycles. The molecule has 3 aliphatic carbocycles. The van der Waals surface area contributed by atoms with Crippen LogP contribution in [0.4, 0.5) is 22.0 Å². The van der Waals surface area contributed by atoms with Gasteiger partial charge >= 0.3 is 6.18 Å². The third-order valence-corrected chi connectivity index (χ3v) is 8.79. The van der Waals surface area contributed by atoms with Crippen LogP contribution in [0.25, 0.3) is 5.78 Å². The van der Waals surface area contributed by atoms with E-state index in [1.54, 1.807) is 22.9 Å². The Kier molecular flexibility index (Phi) is 7.66. The molecule has 3 atom stereocenters. The minimum atomic E-state index is -4.47. The van der Waals surface area contributed by atoms with E-state index in [9.17, 15) is 31.5 Å². The van der Waals surface area contributed by atoms with Crippen molar-refractivity contribution in [1.82, 2.24) is 30.2 Å². The number of hydrogen-bond acceptors (Lipinski definition) is 6. The van der Waals surface area contributed by atoms with Crippen molar-refractivity contribution in [2.45, 2.75) is 94.8 Å². The second-order valence-electron chi connectivity index (χ2n) is 12.3. The molecular formula is C29H33F5N6O3. The van der Waals surface area contributed by atoms with E-state index in [4.69, 9.17) is 4.52 Å². The van der Waals surface area contributed by atoms with Crippen LogP contribution in [0.2, 0.25) is 0 Å². The summed E-state index contributed by atoms with van der Waals surface area (Å²) in [5.41, 5.74) is 1.83. The fourth-order valence-electron chi connectivity index (χ4n) is 5.83. The standard InChI is InChI=1S/C29H33F5N6O3/c1-15(29(32,33)34)12-22(41)37-24(17-4-5-17)20-8-11-40-13-21(36-27(40)35-20)25(18-6-9-28(30,31)10-7-18)38-26(42)19-14-43-39-23(19)16-2-3-16/h8,11,13-18,24-25H,2-7,9-10,12H2,1H3,(H,37,41)(H,38,42)/t15?,24-,25-/m0/s1. The van der Waals surface area contributed by atoms with Crippen molar-refractivity contribution in [3.63, 3.8) is 0 Å². The van der Waals surface area contributed by atoms with Crippen LogP contribution >= 0.6 is 0 Å². The smallest absolute Gasteiger partial charge is 0.364 e. The van der Waals surface area contributed by atoms with E-state index in [0.717, 1.165) is 32.6 Å². The van der Waals surface area contributed by atoms with Crippen molar-refractivity contribution >= 4 is 17.6 Å². The highest BCUT2D eigenvalue weighted by Crippen LogP contribution is 2.44. The van der Waals surface area contributed by atoms with Gasteiger partial charge in [0, 0.05) is 37.6 Å². The fraction of sp³-hybridized carbons (Fsp3) is 0.621. The maximum absolute atomic E-state index is 14.0. The summed E-state index contributed by atoms with van der Waals surface area (Å²) in [4.78, 5) is 35.2. The van der Waals surface area contributed by atoms with Crippen molar-refractivity contribution in [3.05, 3.63) is 47.4 Å². The van der Waals surface area contributed by atoms with Gasteiger partial charge in [0.15, 0.2) is 0 Å². The topological polar surface area (TPSA) is 114 Å². The first-order chi connectivity index (χ1) is 20.4. The van der Waals surface area contributed by atoms with Crippen LogP contribution in [0.15, 0.2) is 29.2 Å². The Hall–Kier alpha value is -3.58. The lowest BCUT2D eigenvalue weighted by molar-refractivity contribution is -0.174. The van der Waals surface area contributed by atoms with Crippen LogP contribution in [0.1, 0.15) is 110 Å². The number of nitrogens with zero attached hydrogens (tertiary/aromatic N) is 4. The van der Waals surface area contributed by atoms with E-state index in [1.165, 1.54) is 6.26 Å². The first-order valence-electron chi connectivity index (χ1n) is 14.7. The molecule has 6 rings (SSSR count). The van der Waals surface area contributed by atoms with Gasteiger partial charge in [-0.2, -0.15) is 13.2 Å². The Morgan fingerprint density at radius 1 is 1.02 bits per heavy atom. The van der Waals surface area contributed by atoms with Crippen LogP contribution in [0.5, 0.6) is 0 Å². The van der Waals surface area contributed by atoms with Crippen molar-refractivity contribution in [2.24, 2.45) is 17.8 Å². The lowest BCUT2D eigenvalue weighted by atomic mass is 9.81. The summed E-state index contributed by atoms with van der Waals surface area (Å²) in [5, 5.41) is 9.72. The van der Waals surface area contributed by atoms with Crippen LogP contribution in [0.3, 0.4) is 0 Å². The molecule has 3 aromatic rings. The molecule has 0 spiro atoms. The Morgan fingerprint density at radius 3 is 2.33 bits per heavy atom. The van der Waals surface area contributed by atoms with Crippen LogP contribution in [-0.2, 0) is 4.79 Å². The van der Waals surface area contributed by atoms with Crippen LogP contribution in [-0.4, -0.2) is 43.4 Å². The Morgan fingerprint density at radius 2 is 1.67 bits per heavy atom. The Bertz CT molecular complexity index is 1490. The minimum Gasteiger partial charge on any atom is -0.364 e. The first kappa shape index (κ1) is 29.5. The highest BCUT2D eigenvalue weighted by Gasteiger charge is 2.41. The van der Waals surface area contributed by atoms with Gasteiger partial charge in [-0.05, 0) is 56.4 Å². The first-order valence-corrected chi connectivity index (χ1v) is 14.7. The number of amides is 2. The van der Waals surface area contributed by atoms with Gasteiger partial charge in [0.05, 0.1) is 35.1 Å². The maximum atomic E-state index is 14.0. The van der Waals surface area contributed by atoms with E-state index in [1.807, 2.05) is 0 Å². The summed E-state index contributed by atoms with van der Waals surface area (Å²) in [5.74, 6) is -5.47. The molecule has 0 radical (unpaired) electrons. The molecule has 3 fully saturated rings. The highest BCUT2D eigenvalue weighted by atomic mass is 19.4. The van der Waals surface area contributed by atoms with E-state index in [-0.39, 0.29) is 49.2 Å². The molecule has 9 nitrogen and oxygen atoms in total. The predicted molar refractivity (Wildman–Crippen MR) is 142 cm³/mol. The molecule has 3 aliphatic rings. The Labute approximate surface area is 244 Å². The average Bonchev–Trinajstić information content (AvgIpc) is 3.88. The SMILES string of the molecule is CC(CC(=O)N[C@H](c1ccn2cc([C@@H](NC(=O)c3conc3C3CC3)C3CCC(F)(F)CC3)nc2n1)C1CC1)C(F)(F)F. The van der Waals surface area contributed by atoms with Crippen molar-refractivity contribution in [2.75, 3.05) is 0 Å². The van der Waals surface area contributed by atoms with Gasteiger partial charge < -0.3 is 15.2 Å². The van der Waals surface area contributed by atoms with E-state index < -0.39 is 48.3 Å².